The first-order valence-corrected chi connectivity index (χ1v) is 8.20. The minimum absolute atomic E-state index is 0.00833. The molecule has 0 saturated heterocycles. The molecule has 1 aliphatic rings. The number of rotatable bonds is 5. The van der Waals surface area contributed by atoms with Crippen LogP contribution in [0.5, 0.6) is 5.75 Å². The highest BCUT2D eigenvalue weighted by Gasteiger charge is 2.28. The third-order valence-corrected chi connectivity index (χ3v) is 4.35. The largest absolute Gasteiger partial charge is 0.485 e. The molecule has 1 amide bonds. The van der Waals surface area contributed by atoms with Crippen LogP contribution in [0.3, 0.4) is 0 Å². The molecule has 2 unspecified atom stereocenters. The van der Waals surface area contributed by atoms with Crippen molar-refractivity contribution in [3.05, 3.63) is 36.9 Å². The summed E-state index contributed by atoms with van der Waals surface area (Å²) in [5.41, 5.74) is 1.11. The summed E-state index contributed by atoms with van der Waals surface area (Å²) in [5, 5.41) is 4.04. The zero-order valence-electron chi connectivity index (χ0n) is 14.3. The van der Waals surface area contributed by atoms with Gasteiger partial charge in [0.05, 0.1) is 18.8 Å². The van der Waals surface area contributed by atoms with Crippen molar-refractivity contribution >= 4 is 11.6 Å². The SMILES string of the molecule is CCN1CC(CN(C)C(=O)C(C)n2cncn2)Oc2ccccc21. The van der Waals surface area contributed by atoms with Crippen molar-refractivity contribution in [2.45, 2.75) is 26.0 Å². The van der Waals surface area contributed by atoms with Crippen LogP contribution in [0, 0.1) is 0 Å². The maximum atomic E-state index is 12.6. The van der Waals surface area contributed by atoms with E-state index >= 15 is 0 Å². The van der Waals surface area contributed by atoms with Gasteiger partial charge in [-0.15, -0.1) is 0 Å². The molecular formula is C17H23N5O2. The Balaban J connectivity index is 1.67. The van der Waals surface area contributed by atoms with E-state index < -0.39 is 0 Å². The van der Waals surface area contributed by atoms with Crippen molar-refractivity contribution in [2.75, 3.05) is 31.6 Å². The molecule has 0 fully saturated rings. The Morgan fingerprint density at radius 1 is 1.46 bits per heavy atom. The second-order valence-electron chi connectivity index (χ2n) is 6.02. The van der Waals surface area contributed by atoms with Crippen LogP contribution in [0.25, 0.3) is 0 Å². The van der Waals surface area contributed by atoms with Crippen molar-refractivity contribution < 1.29 is 9.53 Å². The van der Waals surface area contributed by atoms with E-state index in [1.807, 2.05) is 25.1 Å². The van der Waals surface area contributed by atoms with Crippen LogP contribution in [-0.4, -0.2) is 58.4 Å². The maximum absolute atomic E-state index is 12.6. The van der Waals surface area contributed by atoms with Crippen LogP contribution in [0.4, 0.5) is 5.69 Å². The second kappa shape index (κ2) is 6.90. The minimum Gasteiger partial charge on any atom is -0.485 e. The van der Waals surface area contributed by atoms with Gasteiger partial charge >= 0.3 is 0 Å². The molecule has 0 N–H and O–H groups in total. The van der Waals surface area contributed by atoms with Gasteiger partial charge in [-0.1, -0.05) is 12.1 Å². The predicted octanol–water partition coefficient (Wildman–Crippen LogP) is 1.59. The summed E-state index contributed by atoms with van der Waals surface area (Å²) in [4.78, 5) is 20.5. The molecule has 0 aliphatic carbocycles. The molecule has 0 saturated carbocycles. The number of ether oxygens (including phenoxy) is 1. The van der Waals surface area contributed by atoms with Gasteiger partial charge in [-0.3, -0.25) is 4.79 Å². The van der Waals surface area contributed by atoms with Gasteiger partial charge in [0.1, 0.15) is 30.5 Å². The molecule has 24 heavy (non-hydrogen) atoms. The molecule has 0 radical (unpaired) electrons. The molecular weight excluding hydrogens is 306 g/mol. The normalized spacial score (nSPS) is 17.8. The van der Waals surface area contributed by atoms with Crippen molar-refractivity contribution in [3.63, 3.8) is 0 Å². The number of fused-ring (bicyclic) bond motifs is 1. The Labute approximate surface area is 141 Å². The van der Waals surface area contributed by atoms with Gasteiger partial charge in [0, 0.05) is 13.6 Å². The molecule has 128 valence electrons. The molecule has 1 aliphatic heterocycles. The summed E-state index contributed by atoms with van der Waals surface area (Å²) in [5.74, 6) is 0.867. The fourth-order valence-corrected chi connectivity index (χ4v) is 3.02. The van der Waals surface area contributed by atoms with E-state index in [2.05, 4.69) is 28.0 Å². The quantitative estimate of drug-likeness (QED) is 0.833. The molecule has 7 heteroatoms. The smallest absolute Gasteiger partial charge is 0.247 e. The Kier molecular flexibility index (Phi) is 4.69. The van der Waals surface area contributed by atoms with Crippen molar-refractivity contribution in [1.29, 1.82) is 0 Å². The number of carbonyl (C=O) groups excluding carboxylic acids is 1. The van der Waals surface area contributed by atoms with Crippen LogP contribution in [0.15, 0.2) is 36.9 Å². The summed E-state index contributed by atoms with van der Waals surface area (Å²) < 4.78 is 7.65. The summed E-state index contributed by atoms with van der Waals surface area (Å²) in [6.45, 7) is 6.15. The fraction of sp³-hybridized carbons (Fsp3) is 0.471. The second-order valence-corrected chi connectivity index (χ2v) is 6.02. The molecule has 0 bridgehead atoms. The summed E-state index contributed by atoms with van der Waals surface area (Å²) in [7, 11) is 1.80. The van der Waals surface area contributed by atoms with Crippen molar-refractivity contribution in [1.82, 2.24) is 19.7 Å². The highest BCUT2D eigenvalue weighted by Crippen LogP contribution is 2.32. The molecule has 2 atom stereocenters. The highest BCUT2D eigenvalue weighted by atomic mass is 16.5. The number of hydrogen-bond donors (Lipinski definition) is 0. The van der Waals surface area contributed by atoms with Gasteiger partial charge in [0.25, 0.3) is 0 Å². The van der Waals surface area contributed by atoms with Crippen molar-refractivity contribution in [3.8, 4) is 5.75 Å². The monoisotopic (exact) mass is 329 g/mol. The Bertz CT molecular complexity index is 688. The van der Waals surface area contributed by atoms with Gasteiger partial charge in [-0.05, 0) is 26.0 Å². The Hall–Kier alpha value is -2.57. The fourth-order valence-electron chi connectivity index (χ4n) is 3.02. The summed E-state index contributed by atoms with van der Waals surface area (Å²) in [6, 6.07) is 7.65. The third-order valence-electron chi connectivity index (χ3n) is 4.35. The van der Waals surface area contributed by atoms with Gasteiger partial charge < -0.3 is 14.5 Å². The number of anilines is 1. The molecule has 7 nitrogen and oxygen atoms in total. The lowest BCUT2D eigenvalue weighted by molar-refractivity contribution is -0.134. The first-order valence-electron chi connectivity index (χ1n) is 8.20. The van der Waals surface area contributed by atoms with E-state index in [4.69, 9.17) is 4.74 Å². The predicted molar refractivity (Wildman–Crippen MR) is 91.1 cm³/mol. The molecule has 3 rings (SSSR count). The summed E-state index contributed by atoms with van der Waals surface area (Å²) in [6.07, 6.45) is 2.93. The number of carbonyl (C=O) groups is 1. The third kappa shape index (κ3) is 3.20. The zero-order valence-corrected chi connectivity index (χ0v) is 14.3. The molecule has 1 aromatic carbocycles. The van der Waals surface area contributed by atoms with E-state index in [1.165, 1.54) is 6.33 Å². The number of amides is 1. The van der Waals surface area contributed by atoms with Crippen LogP contribution >= 0.6 is 0 Å². The van der Waals surface area contributed by atoms with Crippen LogP contribution in [0.2, 0.25) is 0 Å². The summed E-state index contributed by atoms with van der Waals surface area (Å²) >= 11 is 0. The van der Waals surface area contributed by atoms with E-state index in [-0.39, 0.29) is 18.1 Å². The van der Waals surface area contributed by atoms with E-state index in [9.17, 15) is 4.79 Å². The lowest BCUT2D eigenvalue weighted by atomic mass is 10.1. The number of likely N-dealkylation sites (N-methyl/N-ethyl adjacent to an activating group) is 2. The van der Waals surface area contributed by atoms with Crippen LogP contribution in [-0.2, 0) is 4.79 Å². The number of nitrogens with zero attached hydrogens (tertiary/aromatic N) is 5. The molecule has 2 heterocycles. The standard InChI is InChI=1S/C17H23N5O2/c1-4-21-10-14(24-16-8-6-5-7-15(16)21)9-20(3)17(23)13(2)22-12-18-11-19-22/h5-8,11-14H,4,9-10H2,1-3H3. The van der Waals surface area contributed by atoms with Gasteiger partial charge in [-0.2, -0.15) is 5.10 Å². The number of hydrogen-bond acceptors (Lipinski definition) is 5. The number of aromatic nitrogens is 3. The average Bonchev–Trinajstić information content (AvgIpc) is 3.14. The topological polar surface area (TPSA) is 63.5 Å². The van der Waals surface area contributed by atoms with E-state index in [0.717, 1.165) is 24.5 Å². The Morgan fingerprint density at radius 2 is 2.25 bits per heavy atom. The van der Waals surface area contributed by atoms with E-state index in [0.29, 0.717) is 6.54 Å². The molecule has 1 aromatic heterocycles. The average molecular weight is 329 g/mol. The first kappa shape index (κ1) is 16.3. The highest BCUT2D eigenvalue weighted by molar-refractivity contribution is 5.79. The lowest BCUT2D eigenvalue weighted by Crippen LogP contribution is -2.47. The van der Waals surface area contributed by atoms with Gasteiger partial charge in [-0.25, -0.2) is 9.67 Å². The van der Waals surface area contributed by atoms with Crippen LogP contribution in [0.1, 0.15) is 19.9 Å². The number of benzene rings is 1. The lowest BCUT2D eigenvalue weighted by Gasteiger charge is -2.37. The van der Waals surface area contributed by atoms with E-state index in [1.54, 1.807) is 23.0 Å². The van der Waals surface area contributed by atoms with Crippen LogP contribution < -0.4 is 9.64 Å². The molecule has 2 aromatic rings. The first-order chi connectivity index (χ1) is 11.6. The molecule has 0 spiro atoms. The zero-order chi connectivity index (χ0) is 17.1. The Morgan fingerprint density at radius 3 is 2.96 bits per heavy atom. The number of para-hydroxylation sites is 2. The minimum atomic E-state index is -0.379. The van der Waals surface area contributed by atoms with Gasteiger partial charge in [0.2, 0.25) is 5.91 Å². The van der Waals surface area contributed by atoms with Crippen molar-refractivity contribution in [2.24, 2.45) is 0 Å². The maximum Gasteiger partial charge on any atom is 0.247 e. The van der Waals surface area contributed by atoms with Gasteiger partial charge in [0.15, 0.2) is 0 Å².